The Hall–Kier alpha value is -1.12. The standard InChI is InChI=1S/C14H16OS/c1-2-3-11-4-6-12(7-5-11)14(15)13-8-9-16-10-13/h4-10,14-15H,2-3H2,1H3/t14-/m1/s1. The Kier molecular flexibility index (Phi) is 3.75. The summed E-state index contributed by atoms with van der Waals surface area (Å²) in [6.45, 7) is 2.17. The largest absolute Gasteiger partial charge is 0.384 e. The van der Waals surface area contributed by atoms with Gasteiger partial charge in [0.15, 0.2) is 0 Å². The van der Waals surface area contributed by atoms with Crippen molar-refractivity contribution in [1.29, 1.82) is 0 Å². The lowest BCUT2D eigenvalue weighted by molar-refractivity contribution is 0.221. The maximum atomic E-state index is 10.1. The third kappa shape index (κ3) is 2.52. The van der Waals surface area contributed by atoms with E-state index in [1.807, 2.05) is 29.0 Å². The van der Waals surface area contributed by atoms with Crippen LogP contribution in [-0.4, -0.2) is 5.11 Å². The Morgan fingerprint density at radius 3 is 2.44 bits per heavy atom. The molecular formula is C14H16OS. The molecule has 1 atom stereocenters. The van der Waals surface area contributed by atoms with Crippen LogP contribution in [0.1, 0.15) is 36.1 Å². The molecule has 0 aliphatic heterocycles. The normalized spacial score (nSPS) is 12.6. The van der Waals surface area contributed by atoms with E-state index in [-0.39, 0.29) is 0 Å². The minimum absolute atomic E-state index is 0.484. The molecule has 0 spiro atoms. The maximum Gasteiger partial charge on any atom is 0.105 e. The lowest BCUT2D eigenvalue weighted by atomic mass is 10.0. The number of benzene rings is 1. The monoisotopic (exact) mass is 232 g/mol. The highest BCUT2D eigenvalue weighted by atomic mass is 32.1. The molecule has 2 aromatic rings. The molecular weight excluding hydrogens is 216 g/mol. The van der Waals surface area contributed by atoms with Gasteiger partial charge in [-0.25, -0.2) is 0 Å². The topological polar surface area (TPSA) is 20.2 Å². The summed E-state index contributed by atoms with van der Waals surface area (Å²) in [5.41, 5.74) is 3.29. The average Bonchev–Trinajstić information content (AvgIpc) is 2.83. The second kappa shape index (κ2) is 5.28. The Morgan fingerprint density at radius 2 is 1.88 bits per heavy atom. The van der Waals surface area contributed by atoms with Gasteiger partial charge in [-0.2, -0.15) is 11.3 Å². The van der Waals surface area contributed by atoms with E-state index in [1.165, 1.54) is 5.56 Å². The van der Waals surface area contributed by atoms with Crippen molar-refractivity contribution in [3.05, 3.63) is 57.8 Å². The SMILES string of the molecule is CCCc1ccc([C@@H](O)c2ccsc2)cc1. The van der Waals surface area contributed by atoms with Gasteiger partial charge in [0, 0.05) is 0 Å². The summed E-state index contributed by atoms with van der Waals surface area (Å²) in [7, 11) is 0. The molecule has 1 heterocycles. The average molecular weight is 232 g/mol. The minimum atomic E-state index is -0.484. The summed E-state index contributed by atoms with van der Waals surface area (Å²) >= 11 is 1.61. The molecule has 1 N–H and O–H groups in total. The molecule has 1 aromatic heterocycles. The first-order valence-corrected chi connectivity index (χ1v) is 6.54. The van der Waals surface area contributed by atoms with E-state index in [9.17, 15) is 5.11 Å². The first-order valence-electron chi connectivity index (χ1n) is 5.60. The Bertz CT molecular complexity index is 417. The lowest BCUT2D eigenvalue weighted by Crippen LogP contribution is -1.97. The molecule has 16 heavy (non-hydrogen) atoms. The van der Waals surface area contributed by atoms with Crippen LogP contribution in [0.3, 0.4) is 0 Å². The highest BCUT2D eigenvalue weighted by molar-refractivity contribution is 7.07. The number of hydrogen-bond donors (Lipinski definition) is 1. The third-order valence-electron chi connectivity index (χ3n) is 2.69. The Labute approximate surface area is 100 Å². The van der Waals surface area contributed by atoms with Crippen LogP contribution in [0, 0.1) is 0 Å². The van der Waals surface area contributed by atoms with Gasteiger partial charge in [-0.15, -0.1) is 0 Å². The molecule has 0 unspecified atom stereocenters. The summed E-state index contributed by atoms with van der Waals surface area (Å²) in [5, 5.41) is 14.1. The number of rotatable bonds is 4. The van der Waals surface area contributed by atoms with Crippen molar-refractivity contribution < 1.29 is 5.11 Å². The second-order valence-electron chi connectivity index (χ2n) is 3.95. The van der Waals surface area contributed by atoms with Crippen LogP contribution in [0.2, 0.25) is 0 Å². The van der Waals surface area contributed by atoms with E-state index >= 15 is 0 Å². The van der Waals surface area contributed by atoms with E-state index < -0.39 is 6.10 Å². The molecule has 0 aliphatic carbocycles. The van der Waals surface area contributed by atoms with Crippen LogP contribution in [0.25, 0.3) is 0 Å². The quantitative estimate of drug-likeness (QED) is 0.850. The minimum Gasteiger partial charge on any atom is -0.384 e. The first-order chi connectivity index (χ1) is 7.81. The Morgan fingerprint density at radius 1 is 1.12 bits per heavy atom. The van der Waals surface area contributed by atoms with Crippen LogP contribution in [0.5, 0.6) is 0 Å². The van der Waals surface area contributed by atoms with Crippen molar-refractivity contribution in [2.75, 3.05) is 0 Å². The molecule has 84 valence electrons. The fraction of sp³-hybridized carbons (Fsp3) is 0.286. The summed E-state index contributed by atoms with van der Waals surface area (Å²) in [5.74, 6) is 0. The predicted molar refractivity (Wildman–Crippen MR) is 68.8 cm³/mol. The van der Waals surface area contributed by atoms with E-state index in [0.29, 0.717) is 0 Å². The van der Waals surface area contributed by atoms with Crippen molar-refractivity contribution in [2.45, 2.75) is 25.9 Å². The number of hydrogen-bond acceptors (Lipinski definition) is 2. The van der Waals surface area contributed by atoms with Crippen molar-refractivity contribution in [3.8, 4) is 0 Å². The van der Waals surface area contributed by atoms with E-state index in [1.54, 1.807) is 11.3 Å². The van der Waals surface area contributed by atoms with E-state index in [4.69, 9.17) is 0 Å². The molecule has 0 radical (unpaired) electrons. The van der Waals surface area contributed by atoms with Crippen LogP contribution in [0.4, 0.5) is 0 Å². The van der Waals surface area contributed by atoms with Gasteiger partial charge >= 0.3 is 0 Å². The van der Waals surface area contributed by atoms with Gasteiger partial charge in [-0.05, 0) is 39.9 Å². The summed E-state index contributed by atoms with van der Waals surface area (Å²) in [6.07, 6.45) is 1.78. The zero-order chi connectivity index (χ0) is 11.4. The molecule has 0 bridgehead atoms. The molecule has 0 saturated heterocycles. The Balaban J connectivity index is 2.15. The van der Waals surface area contributed by atoms with Gasteiger partial charge in [0.25, 0.3) is 0 Å². The highest BCUT2D eigenvalue weighted by Crippen LogP contribution is 2.24. The highest BCUT2D eigenvalue weighted by Gasteiger charge is 2.09. The first kappa shape index (κ1) is 11.4. The summed E-state index contributed by atoms with van der Waals surface area (Å²) in [4.78, 5) is 0. The van der Waals surface area contributed by atoms with Crippen molar-refractivity contribution in [3.63, 3.8) is 0 Å². The zero-order valence-corrected chi connectivity index (χ0v) is 10.2. The van der Waals surface area contributed by atoms with Gasteiger partial charge in [0.05, 0.1) is 0 Å². The van der Waals surface area contributed by atoms with Crippen molar-refractivity contribution in [1.82, 2.24) is 0 Å². The summed E-state index contributed by atoms with van der Waals surface area (Å²) < 4.78 is 0. The van der Waals surface area contributed by atoms with Gasteiger partial charge in [-0.1, -0.05) is 37.6 Å². The molecule has 0 saturated carbocycles. The lowest BCUT2D eigenvalue weighted by Gasteiger charge is -2.09. The maximum absolute atomic E-state index is 10.1. The number of aliphatic hydroxyl groups is 1. The predicted octanol–water partition coefficient (Wildman–Crippen LogP) is 3.78. The molecule has 1 nitrogen and oxygen atoms in total. The third-order valence-corrected chi connectivity index (χ3v) is 3.39. The number of aryl methyl sites for hydroxylation is 1. The number of thiophene rings is 1. The molecule has 0 fully saturated rings. The van der Waals surface area contributed by atoms with Crippen LogP contribution in [-0.2, 0) is 6.42 Å². The van der Waals surface area contributed by atoms with E-state index in [0.717, 1.165) is 24.0 Å². The molecule has 1 aromatic carbocycles. The van der Waals surface area contributed by atoms with Gasteiger partial charge in [0.1, 0.15) is 6.10 Å². The smallest absolute Gasteiger partial charge is 0.105 e. The van der Waals surface area contributed by atoms with Crippen molar-refractivity contribution >= 4 is 11.3 Å². The zero-order valence-electron chi connectivity index (χ0n) is 9.39. The van der Waals surface area contributed by atoms with Gasteiger partial charge < -0.3 is 5.11 Å². The molecule has 0 amide bonds. The van der Waals surface area contributed by atoms with Crippen LogP contribution >= 0.6 is 11.3 Å². The summed E-state index contributed by atoms with van der Waals surface area (Å²) in [6, 6.07) is 10.2. The number of aliphatic hydroxyl groups excluding tert-OH is 1. The van der Waals surface area contributed by atoms with Gasteiger partial charge in [0.2, 0.25) is 0 Å². The molecule has 2 rings (SSSR count). The van der Waals surface area contributed by atoms with Crippen molar-refractivity contribution in [2.24, 2.45) is 0 Å². The molecule has 0 aliphatic rings. The van der Waals surface area contributed by atoms with Gasteiger partial charge in [-0.3, -0.25) is 0 Å². The van der Waals surface area contributed by atoms with E-state index in [2.05, 4.69) is 19.1 Å². The second-order valence-corrected chi connectivity index (χ2v) is 4.73. The fourth-order valence-electron chi connectivity index (χ4n) is 1.78. The van der Waals surface area contributed by atoms with Crippen LogP contribution < -0.4 is 0 Å². The molecule has 2 heteroatoms. The fourth-order valence-corrected chi connectivity index (χ4v) is 2.46. The van der Waals surface area contributed by atoms with Crippen LogP contribution in [0.15, 0.2) is 41.1 Å².